The van der Waals surface area contributed by atoms with Gasteiger partial charge in [-0.3, -0.25) is 14.9 Å². The first kappa shape index (κ1) is 14.2. The highest BCUT2D eigenvalue weighted by atomic mass is 19.3. The smallest absolute Gasteiger partial charge is 0.323 e. The van der Waals surface area contributed by atoms with E-state index in [1.165, 1.54) is 11.0 Å². The summed E-state index contributed by atoms with van der Waals surface area (Å²) in [5, 5.41) is 19.5. The van der Waals surface area contributed by atoms with E-state index in [1.807, 2.05) is 0 Å². The number of aliphatic carboxylic acids is 1. The van der Waals surface area contributed by atoms with E-state index in [0.29, 0.717) is 0 Å². The average Bonchev–Trinajstić information content (AvgIpc) is 3.19. The predicted molar refractivity (Wildman–Crippen MR) is 66.1 cm³/mol. The number of nitro benzene ring substituents is 1. The van der Waals surface area contributed by atoms with Crippen molar-refractivity contribution in [3.05, 3.63) is 33.9 Å². The van der Waals surface area contributed by atoms with Crippen LogP contribution in [0.15, 0.2) is 18.2 Å². The molecule has 0 unspecified atom stereocenters. The molecular weight excluding hydrogens is 274 g/mol. The van der Waals surface area contributed by atoms with Crippen LogP contribution in [0.3, 0.4) is 0 Å². The maximum atomic E-state index is 13.1. The number of alkyl halides is 2. The highest BCUT2D eigenvalue weighted by molar-refractivity contribution is 5.75. The maximum Gasteiger partial charge on any atom is 0.323 e. The number of carboxylic acid groups (broad SMARTS) is 1. The molecule has 0 heterocycles. The molecule has 1 fully saturated rings. The van der Waals surface area contributed by atoms with Gasteiger partial charge in [0.2, 0.25) is 0 Å². The fraction of sp³-hybridized carbons (Fsp3) is 0.417. The third-order valence-electron chi connectivity index (χ3n) is 3.06. The molecule has 2 rings (SSSR count). The number of nitro groups is 1. The zero-order valence-electron chi connectivity index (χ0n) is 10.3. The van der Waals surface area contributed by atoms with Crippen LogP contribution in [-0.4, -0.2) is 28.6 Å². The Kier molecular flexibility index (Phi) is 3.82. The Morgan fingerprint density at radius 1 is 1.50 bits per heavy atom. The summed E-state index contributed by atoms with van der Waals surface area (Å²) in [5.74, 6) is -1.13. The van der Waals surface area contributed by atoms with Crippen molar-refractivity contribution in [2.75, 3.05) is 11.4 Å². The first-order chi connectivity index (χ1) is 9.40. The lowest BCUT2D eigenvalue weighted by Crippen LogP contribution is -2.32. The highest BCUT2D eigenvalue weighted by Gasteiger charge is 2.33. The van der Waals surface area contributed by atoms with E-state index in [2.05, 4.69) is 0 Å². The lowest BCUT2D eigenvalue weighted by molar-refractivity contribution is -0.385. The van der Waals surface area contributed by atoms with Crippen molar-refractivity contribution in [1.29, 1.82) is 0 Å². The summed E-state index contributed by atoms with van der Waals surface area (Å²) < 4.78 is 26.1. The Balaban J connectivity index is 2.42. The summed E-state index contributed by atoms with van der Waals surface area (Å²) in [7, 11) is 0. The van der Waals surface area contributed by atoms with Gasteiger partial charge in [-0.15, -0.1) is 0 Å². The minimum Gasteiger partial charge on any atom is -0.480 e. The van der Waals surface area contributed by atoms with Crippen LogP contribution in [-0.2, 0) is 4.79 Å². The standard InChI is InChI=1S/C12H12F2N2O4/c13-12(14)9-5-8(16(19)20)3-4-10(9)15(6-11(17)18)7-1-2-7/h3-5,7,12H,1-2,6H2,(H,17,18). The van der Waals surface area contributed by atoms with Crippen LogP contribution < -0.4 is 4.90 Å². The van der Waals surface area contributed by atoms with Crippen molar-refractivity contribution in [3.8, 4) is 0 Å². The molecule has 6 nitrogen and oxygen atoms in total. The van der Waals surface area contributed by atoms with Gasteiger partial charge >= 0.3 is 5.97 Å². The fourth-order valence-electron chi connectivity index (χ4n) is 2.03. The lowest BCUT2D eigenvalue weighted by atomic mass is 10.1. The van der Waals surface area contributed by atoms with Crippen molar-refractivity contribution in [2.45, 2.75) is 25.3 Å². The van der Waals surface area contributed by atoms with E-state index in [9.17, 15) is 23.7 Å². The molecule has 1 aromatic carbocycles. The van der Waals surface area contributed by atoms with Crippen molar-refractivity contribution in [2.24, 2.45) is 0 Å². The second-order valence-corrected chi connectivity index (χ2v) is 4.55. The second-order valence-electron chi connectivity index (χ2n) is 4.55. The Hall–Kier alpha value is -2.25. The predicted octanol–water partition coefficient (Wildman–Crippen LogP) is 2.59. The third kappa shape index (κ3) is 3.01. The van der Waals surface area contributed by atoms with Gasteiger partial charge in [-0.2, -0.15) is 0 Å². The van der Waals surface area contributed by atoms with E-state index in [-0.39, 0.29) is 11.7 Å². The van der Waals surface area contributed by atoms with Gasteiger partial charge < -0.3 is 10.0 Å². The van der Waals surface area contributed by atoms with Crippen molar-refractivity contribution < 1.29 is 23.6 Å². The van der Waals surface area contributed by atoms with Gasteiger partial charge in [0, 0.05) is 29.4 Å². The number of hydrogen-bond acceptors (Lipinski definition) is 4. The molecule has 8 heteroatoms. The topological polar surface area (TPSA) is 83.7 Å². The Labute approximate surface area is 112 Å². The van der Waals surface area contributed by atoms with E-state index in [0.717, 1.165) is 25.0 Å². The van der Waals surface area contributed by atoms with Crippen LogP contribution in [0.4, 0.5) is 20.2 Å². The van der Waals surface area contributed by atoms with Crippen LogP contribution in [0.5, 0.6) is 0 Å². The molecule has 0 saturated heterocycles. The molecule has 0 aromatic heterocycles. The minimum atomic E-state index is -2.90. The number of carboxylic acids is 1. The summed E-state index contributed by atoms with van der Waals surface area (Å²) in [5.41, 5.74) is -0.891. The zero-order chi connectivity index (χ0) is 14.9. The molecule has 1 aliphatic carbocycles. The van der Waals surface area contributed by atoms with Gasteiger partial charge in [0.1, 0.15) is 6.54 Å². The molecule has 1 aliphatic rings. The van der Waals surface area contributed by atoms with Crippen LogP contribution >= 0.6 is 0 Å². The third-order valence-corrected chi connectivity index (χ3v) is 3.06. The molecule has 0 spiro atoms. The normalized spacial score (nSPS) is 14.3. The molecule has 0 radical (unpaired) electrons. The number of carbonyl (C=O) groups is 1. The minimum absolute atomic E-state index is 0.0514. The molecule has 20 heavy (non-hydrogen) atoms. The Morgan fingerprint density at radius 2 is 2.15 bits per heavy atom. The van der Waals surface area contributed by atoms with Crippen LogP contribution in [0, 0.1) is 10.1 Å². The summed E-state index contributed by atoms with van der Waals surface area (Å²) in [4.78, 5) is 22.1. The van der Waals surface area contributed by atoms with Crippen molar-refractivity contribution in [1.82, 2.24) is 0 Å². The van der Waals surface area contributed by atoms with E-state index in [1.54, 1.807) is 0 Å². The zero-order valence-corrected chi connectivity index (χ0v) is 10.3. The van der Waals surface area contributed by atoms with Gasteiger partial charge in [-0.25, -0.2) is 8.78 Å². The highest BCUT2D eigenvalue weighted by Crippen LogP contribution is 2.38. The monoisotopic (exact) mass is 286 g/mol. The first-order valence-corrected chi connectivity index (χ1v) is 5.95. The first-order valence-electron chi connectivity index (χ1n) is 5.95. The Morgan fingerprint density at radius 3 is 2.60 bits per heavy atom. The molecule has 0 atom stereocenters. The molecule has 0 aliphatic heterocycles. The summed E-state index contributed by atoms with van der Waals surface area (Å²) in [6, 6.07) is 3.02. The molecule has 1 aromatic rings. The second kappa shape index (κ2) is 5.40. The number of anilines is 1. The number of rotatable bonds is 6. The van der Waals surface area contributed by atoms with Gasteiger partial charge in [0.15, 0.2) is 0 Å². The van der Waals surface area contributed by atoms with Gasteiger partial charge in [0.25, 0.3) is 12.1 Å². The molecule has 0 bridgehead atoms. The summed E-state index contributed by atoms with van der Waals surface area (Å²) >= 11 is 0. The summed E-state index contributed by atoms with van der Waals surface area (Å²) in [6.07, 6.45) is -1.44. The van der Waals surface area contributed by atoms with Crippen LogP contribution in [0.1, 0.15) is 24.8 Å². The molecular formula is C12H12F2N2O4. The van der Waals surface area contributed by atoms with Gasteiger partial charge in [0.05, 0.1) is 4.92 Å². The lowest BCUT2D eigenvalue weighted by Gasteiger charge is -2.25. The van der Waals surface area contributed by atoms with E-state index in [4.69, 9.17) is 5.11 Å². The molecule has 1 N–H and O–H groups in total. The van der Waals surface area contributed by atoms with Crippen molar-refractivity contribution >= 4 is 17.3 Å². The fourth-order valence-corrected chi connectivity index (χ4v) is 2.03. The van der Waals surface area contributed by atoms with E-state index >= 15 is 0 Å². The maximum absolute atomic E-state index is 13.1. The van der Waals surface area contributed by atoms with E-state index < -0.39 is 35.1 Å². The molecule has 0 amide bonds. The summed E-state index contributed by atoms with van der Waals surface area (Å²) in [6.45, 7) is -0.401. The molecule has 1 saturated carbocycles. The number of halogens is 2. The van der Waals surface area contributed by atoms with Crippen LogP contribution in [0.2, 0.25) is 0 Å². The number of nitrogens with zero attached hydrogens (tertiary/aromatic N) is 2. The number of non-ortho nitro benzene ring substituents is 1. The van der Waals surface area contributed by atoms with Crippen LogP contribution in [0.25, 0.3) is 0 Å². The number of benzene rings is 1. The number of hydrogen-bond donors (Lipinski definition) is 1. The average molecular weight is 286 g/mol. The quantitative estimate of drug-likeness (QED) is 0.642. The Bertz CT molecular complexity index is 546. The van der Waals surface area contributed by atoms with Gasteiger partial charge in [-0.05, 0) is 18.9 Å². The SMILES string of the molecule is O=C(O)CN(c1ccc([N+](=O)[O-])cc1C(F)F)C1CC1. The van der Waals surface area contributed by atoms with Crippen molar-refractivity contribution in [3.63, 3.8) is 0 Å². The molecule has 108 valence electrons. The largest absolute Gasteiger partial charge is 0.480 e. The van der Waals surface area contributed by atoms with Gasteiger partial charge in [-0.1, -0.05) is 0 Å².